The highest BCUT2D eigenvalue weighted by Crippen LogP contribution is 2.23. The molecule has 0 unspecified atom stereocenters. The molecule has 150 valence electrons. The van der Waals surface area contributed by atoms with Gasteiger partial charge in [-0.15, -0.1) is 0 Å². The summed E-state index contributed by atoms with van der Waals surface area (Å²) in [4.78, 5) is 14.6. The van der Waals surface area contributed by atoms with Gasteiger partial charge in [-0.25, -0.2) is 12.8 Å². The molecular weight excluding hydrogens is 379 g/mol. The van der Waals surface area contributed by atoms with Gasteiger partial charge in [-0.1, -0.05) is 6.92 Å². The van der Waals surface area contributed by atoms with E-state index in [1.165, 1.54) is 25.0 Å². The quantitative estimate of drug-likeness (QED) is 0.751. The van der Waals surface area contributed by atoms with Crippen LogP contribution in [-0.2, 0) is 9.84 Å². The Bertz CT molecular complexity index is 904. The van der Waals surface area contributed by atoms with Gasteiger partial charge in [0.15, 0.2) is 9.84 Å². The molecule has 1 saturated heterocycles. The Balaban J connectivity index is 1.52. The lowest BCUT2D eigenvalue weighted by atomic mass is 9.98. The molecule has 5 nitrogen and oxygen atoms in total. The van der Waals surface area contributed by atoms with Gasteiger partial charge in [-0.3, -0.25) is 4.79 Å². The predicted octanol–water partition coefficient (Wildman–Crippen LogP) is 3.27. The summed E-state index contributed by atoms with van der Waals surface area (Å²) in [5.74, 6) is -0.288. The number of piperidine rings is 1. The fourth-order valence-corrected chi connectivity index (χ4v) is 4.41. The molecule has 1 fully saturated rings. The van der Waals surface area contributed by atoms with Crippen molar-refractivity contribution in [1.29, 1.82) is 0 Å². The van der Waals surface area contributed by atoms with Gasteiger partial charge in [-0.05, 0) is 67.3 Å². The van der Waals surface area contributed by atoms with Crippen LogP contribution in [0.4, 0.5) is 10.1 Å². The largest absolute Gasteiger partial charge is 0.372 e. The van der Waals surface area contributed by atoms with E-state index in [-0.39, 0.29) is 23.1 Å². The third-order valence-corrected chi connectivity index (χ3v) is 6.84. The van der Waals surface area contributed by atoms with E-state index in [1.54, 1.807) is 12.1 Å². The molecular formula is C21H25FN2O3S. The summed E-state index contributed by atoms with van der Waals surface area (Å²) in [6.45, 7) is 4.30. The minimum Gasteiger partial charge on any atom is -0.372 e. The monoisotopic (exact) mass is 404 g/mol. The lowest BCUT2D eigenvalue weighted by Crippen LogP contribution is -2.33. The Kier molecular flexibility index (Phi) is 6.34. The van der Waals surface area contributed by atoms with Gasteiger partial charge in [-0.2, -0.15) is 0 Å². The summed E-state index contributed by atoms with van der Waals surface area (Å²) in [7, 11) is -3.57. The number of carbonyl (C=O) groups excluding carboxylic acids is 1. The average Bonchev–Trinajstić information content (AvgIpc) is 2.69. The fraction of sp³-hybridized carbons (Fsp3) is 0.381. The molecule has 2 aromatic carbocycles. The Morgan fingerprint density at radius 3 is 2.29 bits per heavy atom. The van der Waals surface area contributed by atoms with Crippen LogP contribution in [0.5, 0.6) is 0 Å². The third-order valence-electron chi connectivity index (χ3n) is 5.11. The van der Waals surface area contributed by atoms with Crippen molar-refractivity contribution in [1.82, 2.24) is 5.32 Å². The van der Waals surface area contributed by atoms with Gasteiger partial charge in [0, 0.05) is 30.9 Å². The van der Waals surface area contributed by atoms with Gasteiger partial charge in [0.25, 0.3) is 5.91 Å². The van der Waals surface area contributed by atoms with E-state index in [1.807, 2.05) is 12.1 Å². The molecule has 0 aromatic heterocycles. The first kappa shape index (κ1) is 20.3. The van der Waals surface area contributed by atoms with E-state index < -0.39 is 15.7 Å². The minimum absolute atomic E-state index is 0.00962. The number of hydrogen-bond donors (Lipinski definition) is 1. The summed E-state index contributed by atoms with van der Waals surface area (Å²) in [5.41, 5.74) is 1.59. The molecule has 2 aromatic rings. The first-order valence-electron chi connectivity index (χ1n) is 9.47. The fourth-order valence-electron chi connectivity index (χ4n) is 3.25. The van der Waals surface area contributed by atoms with Crippen molar-refractivity contribution in [2.45, 2.75) is 24.7 Å². The summed E-state index contributed by atoms with van der Waals surface area (Å²) >= 11 is 0. The lowest BCUT2D eigenvalue weighted by Gasteiger charge is -2.32. The smallest absolute Gasteiger partial charge is 0.251 e. The van der Waals surface area contributed by atoms with Crippen LogP contribution in [0.25, 0.3) is 0 Å². The number of nitrogens with zero attached hydrogens (tertiary/aromatic N) is 1. The first-order chi connectivity index (χ1) is 13.3. The second-order valence-corrected chi connectivity index (χ2v) is 9.35. The normalized spacial score (nSPS) is 15.4. The van der Waals surface area contributed by atoms with Crippen molar-refractivity contribution in [3.8, 4) is 0 Å². The number of anilines is 1. The standard InChI is InChI=1S/C21H25FN2O3S/c1-16-10-13-24(14-11-16)19-6-2-17(3-7-19)21(25)23-12-15-28(26,27)20-8-4-18(22)5-9-20/h2-9,16H,10-15H2,1H3,(H,23,25). The van der Waals surface area contributed by atoms with E-state index in [0.29, 0.717) is 5.56 Å². The van der Waals surface area contributed by atoms with Crippen LogP contribution in [0.3, 0.4) is 0 Å². The zero-order valence-electron chi connectivity index (χ0n) is 15.9. The van der Waals surface area contributed by atoms with E-state index in [0.717, 1.165) is 36.8 Å². The number of sulfone groups is 1. The Labute approximate surface area is 165 Å². The van der Waals surface area contributed by atoms with Crippen LogP contribution in [-0.4, -0.2) is 39.7 Å². The van der Waals surface area contributed by atoms with Crippen LogP contribution in [0.2, 0.25) is 0 Å². The summed E-state index contributed by atoms with van der Waals surface area (Å²) in [6.07, 6.45) is 2.34. The zero-order valence-corrected chi connectivity index (χ0v) is 16.7. The number of carbonyl (C=O) groups is 1. The molecule has 0 saturated carbocycles. The second-order valence-electron chi connectivity index (χ2n) is 7.25. The molecule has 3 rings (SSSR count). The predicted molar refractivity (Wildman–Crippen MR) is 108 cm³/mol. The van der Waals surface area contributed by atoms with E-state index in [4.69, 9.17) is 0 Å². The first-order valence-corrected chi connectivity index (χ1v) is 11.1. The van der Waals surface area contributed by atoms with E-state index in [9.17, 15) is 17.6 Å². The summed E-state index contributed by atoms with van der Waals surface area (Å²) in [5, 5.41) is 2.64. The molecule has 0 aliphatic carbocycles. The molecule has 0 spiro atoms. The number of amides is 1. The maximum absolute atomic E-state index is 12.9. The van der Waals surface area contributed by atoms with Crippen LogP contribution in [0.1, 0.15) is 30.1 Å². The zero-order chi connectivity index (χ0) is 20.1. The highest BCUT2D eigenvalue weighted by atomic mass is 32.2. The van der Waals surface area contributed by atoms with E-state index >= 15 is 0 Å². The number of benzene rings is 2. The molecule has 0 radical (unpaired) electrons. The molecule has 1 N–H and O–H groups in total. The Morgan fingerprint density at radius 2 is 1.68 bits per heavy atom. The molecule has 0 bridgehead atoms. The van der Waals surface area contributed by atoms with Crippen molar-refractivity contribution in [2.24, 2.45) is 5.92 Å². The maximum atomic E-state index is 12.9. The summed E-state index contributed by atoms with van der Waals surface area (Å²) < 4.78 is 37.4. The highest BCUT2D eigenvalue weighted by Gasteiger charge is 2.17. The van der Waals surface area contributed by atoms with Crippen LogP contribution in [0, 0.1) is 11.7 Å². The topological polar surface area (TPSA) is 66.5 Å². The van der Waals surface area contributed by atoms with Gasteiger partial charge in [0.2, 0.25) is 0 Å². The van der Waals surface area contributed by atoms with Crippen molar-refractivity contribution in [2.75, 3.05) is 30.3 Å². The van der Waals surface area contributed by atoms with Crippen LogP contribution in [0.15, 0.2) is 53.4 Å². The van der Waals surface area contributed by atoms with Gasteiger partial charge < -0.3 is 10.2 Å². The number of hydrogen-bond acceptors (Lipinski definition) is 4. The molecule has 7 heteroatoms. The van der Waals surface area contributed by atoms with Crippen molar-refractivity contribution >= 4 is 21.4 Å². The van der Waals surface area contributed by atoms with Crippen LogP contribution < -0.4 is 10.2 Å². The van der Waals surface area contributed by atoms with Gasteiger partial charge in [0.1, 0.15) is 5.82 Å². The molecule has 28 heavy (non-hydrogen) atoms. The SMILES string of the molecule is CC1CCN(c2ccc(C(=O)NCCS(=O)(=O)c3ccc(F)cc3)cc2)CC1. The number of rotatable bonds is 6. The second kappa shape index (κ2) is 8.73. The molecule has 1 aliphatic rings. The lowest BCUT2D eigenvalue weighted by molar-refractivity contribution is 0.0956. The van der Waals surface area contributed by atoms with Gasteiger partial charge in [0.05, 0.1) is 10.6 Å². The van der Waals surface area contributed by atoms with Crippen LogP contribution >= 0.6 is 0 Å². The molecule has 1 heterocycles. The Hall–Kier alpha value is -2.41. The number of halogens is 1. The highest BCUT2D eigenvalue weighted by molar-refractivity contribution is 7.91. The maximum Gasteiger partial charge on any atom is 0.251 e. The van der Waals surface area contributed by atoms with E-state index in [2.05, 4.69) is 17.1 Å². The molecule has 1 aliphatic heterocycles. The third kappa shape index (κ3) is 5.10. The number of nitrogens with one attached hydrogen (secondary N) is 1. The van der Waals surface area contributed by atoms with Crippen molar-refractivity contribution < 1.29 is 17.6 Å². The Morgan fingerprint density at radius 1 is 1.07 bits per heavy atom. The summed E-state index contributed by atoms with van der Waals surface area (Å²) in [6, 6.07) is 12.1. The van der Waals surface area contributed by atoms with Crippen molar-refractivity contribution in [3.63, 3.8) is 0 Å². The van der Waals surface area contributed by atoms with Gasteiger partial charge >= 0.3 is 0 Å². The molecule has 1 amide bonds. The van der Waals surface area contributed by atoms with Crippen molar-refractivity contribution in [3.05, 3.63) is 59.9 Å². The molecule has 0 atom stereocenters. The minimum atomic E-state index is -3.57. The average molecular weight is 405 g/mol.